The molecule has 266 valence electrons. The van der Waals surface area contributed by atoms with E-state index in [2.05, 4.69) is 4.18 Å². The van der Waals surface area contributed by atoms with Crippen LogP contribution in [0.1, 0.15) is 65.5 Å². The lowest BCUT2D eigenvalue weighted by atomic mass is 10.1. The van der Waals surface area contributed by atoms with Crippen molar-refractivity contribution < 1.29 is 64.0 Å². The van der Waals surface area contributed by atoms with Gasteiger partial charge < -0.3 is 41.4 Å². The molecule has 0 unspecified atom stereocenters. The summed E-state index contributed by atoms with van der Waals surface area (Å²) in [7, 11) is -3.69. The average Bonchev–Trinajstić information content (AvgIpc) is 3.57. The third kappa shape index (κ3) is 8.06. The van der Waals surface area contributed by atoms with Gasteiger partial charge in [-0.3, -0.25) is 4.55 Å². The lowest BCUT2D eigenvalue weighted by Gasteiger charge is -2.14. The van der Waals surface area contributed by atoms with Crippen molar-refractivity contribution in [1.82, 2.24) is 0 Å². The van der Waals surface area contributed by atoms with Crippen LogP contribution in [-0.4, -0.2) is 51.3 Å². The van der Waals surface area contributed by atoms with Crippen molar-refractivity contribution >= 4 is 44.3 Å². The predicted molar refractivity (Wildman–Crippen MR) is 179 cm³/mol. The molecule has 5 aromatic rings. The van der Waals surface area contributed by atoms with E-state index >= 15 is 0 Å². The third-order valence-corrected chi connectivity index (χ3v) is 7.57. The minimum atomic E-state index is -4.94. The van der Waals surface area contributed by atoms with Crippen molar-refractivity contribution in [3.63, 3.8) is 0 Å². The number of rotatable bonds is 15. The molecule has 0 aliphatic heterocycles. The second-order valence-corrected chi connectivity index (χ2v) is 12.1. The van der Waals surface area contributed by atoms with Crippen LogP contribution in [0.4, 0.5) is 0 Å². The van der Waals surface area contributed by atoms with E-state index in [-0.39, 0.29) is 77.6 Å². The number of hydrogen-bond acceptors (Lipinski definition) is 13. The number of ether oxygens (including phenoxy) is 6. The summed E-state index contributed by atoms with van der Waals surface area (Å²) in [6.45, 7) is 8.77. The highest BCUT2D eigenvalue weighted by atomic mass is 32.3. The van der Waals surface area contributed by atoms with Crippen LogP contribution in [0.25, 0.3) is 21.9 Å². The van der Waals surface area contributed by atoms with Crippen molar-refractivity contribution in [2.24, 2.45) is 0 Å². The molecule has 0 aliphatic rings. The smallest absolute Gasteiger partial charge is 0.446 e. The monoisotopic (exact) mass is 712 g/mol. The Morgan fingerprint density at radius 2 is 1.34 bits per heavy atom. The number of fused-ring (bicyclic) bond motifs is 2. The lowest BCUT2D eigenvalue weighted by Crippen LogP contribution is -2.09. The summed E-state index contributed by atoms with van der Waals surface area (Å²) in [5.41, 5.74) is 1.42. The molecule has 15 heteroatoms. The molecule has 2 heterocycles. The Hall–Kier alpha value is -5.41. The molecule has 0 amide bonds. The standard InChI is InChI=1S/C35H36O14S/c1-7-42-34(36)32-20(5)47-25-16-29(44-17-21-9-11-22(12-10-21)46-19(3)4)28(13-23(25)32)45-18-31-33(35(37)43-8-2)24-14-30(49-50(38,39)40)27(41-6)15-26(24)48-31/h9-16,19H,7-8,17-18H2,1-6H3,(H,38,39,40). The van der Waals surface area contributed by atoms with E-state index in [4.69, 9.17) is 37.3 Å². The van der Waals surface area contributed by atoms with Gasteiger partial charge in [-0.25, -0.2) is 9.59 Å². The van der Waals surface area contributed by atoms with Crippen molar-refractivity contribution in [2.75, 3.05) is 20.3 Å². The van der Waals surface area contributed by atoms with Gasteiger partial charge in [-0.15, -0.1) is 0 Å². The summed E-state index contributed by atoms with van der Waals surface area (Å²) in [6, 6.07) is 13.0. The van der Waals surface area contributed by atoms with Gasteiger partial charge in [-0.2, -0.15) is 8.42 Å². The maximum atomic E-state index is 13.2. The summed E-state index contributed by atoms with van der Waals surface area (Å²) in [4.78, 5) is 26.1. The molecule has 0 aliphatic carbocycles. The maximum absolute atomic E-state index is 13.2. The topological polar surface area (TPSA) is 179 Å². The van der Waals surface area contributed by atoms with Crippen molar-refractivity contribution in [1.29, 1.82) is 0 Å². The number of benzene rings is 3. The highest BCUT2D eigenvalue weighted by Crippen LogP contribution is 2.40. The van der Waals surface area contributed by atoms with E-state index < -0.39 is 28.1 Å². The largest absolute Gasteiger partial charge is 0.493 e. The van der Waals surface area contributed by atoms with Crippen LogP contribution in [0.5, 0.6) is 28.7 Å². The summed E-state index contributed by atoms with van der Waals surface area (Å²) in [5.74, 6) is -0.386. The van der Waals surface area contributed by atoms with E-state index in [0.29, 0.717) is 22.5 Å². The van der Waals surface area contributed by atoms with E-state index in [9.17, 15) is 22.6 Å². The van der Waals surface area contributed by atoms with Gasteiger partial charge in [0.25, 0.3) is 0 Å². The van der Waals surface area contributed by atoms with Crippen LogP contribution < -0.4 is 23.1 Å². The lowest BCUT2D eigenvalue weighted by molar-refractivity contribution is 0.0514. The predicted octanol–water partition coefficient (Wildman–Crippen LogP) is 6.98. The number of hydrogen-bond donors (Lipinski definition) is 1. The Kier molecular flexibility index (Phi) is 10.8. The fourth-order valence-electron chi connectivity index (χ4n) is 5.17. The summed E-state index contributed by atoms with van der Waals surface area (Å²) >= 11 is 0. The van der Waals surface area contributed by atoms with Crippen LogP contribution in [-0.2, 0) is 33.1 Å². The molecule has 5 rings (SSSR count). The number of furan rings is 2. The second-order valence-electron chi connectivity index (χ2n) is 11.1. The highest BCUT2D eigenvalue weighted by Gasteiger charge is 2.27. The Labute approximate surface area is 287 Å². The third-order valence-electron chi connectivity index (χ3n) is 7.18. The van der Waals surface area contributed by atoms with Gasteiger partial charge in [0.1, 0.15) is 47.0 Å². The molecule has 2 aromatic heterocycles. The van der Waals surface area contributed by atoms with Crippen molar-refractivity contribution in [3.8, 4) is 28.7 Å². The van der Waals surface area contributed by atoms with Gasteiger partial charge in [-0.1, -0.05) is 12.1 Å². The van der Waals surface area contributed by atoms with Crippen LogP contribution in [0.2, 0.25) is 0 Å². The number of carbonyl (C=O) groups excluding carboxylic acids is 2. The molecular formula is C35H36O14S. The Balaban J connectivity index is 1.55. The first-order valence-electron chi connectivity index (χ1n) is 15.5. The number of aryl methyl sites for hydroxylation is 1. The number of esters is 2. The normalized spacial score (nSPS) is 11.5. The molecule has 0 fully saturated rings. The Morgan fingerprint density at radius 1 is 0.780 bits per heavy atom. The molecule has 50 heavy (non-hydrogen) atoms. The summed E-state index contributed by atoms with van der Waals surface area (Å²) in [6.07, 6.45) is 0.0185. The molecule has 1 N–H and O–H groups in total. The molecule has 3 aromatic carbocycles. The molecule has 0 spiro atoms. The average molecular weight is 713 g/mol. The summed E-state index contributed by atoms with van der Waals surface area (Å²) < 4.78 is 82.7. The van der Waals surface area contributed by atoms with Crippen LogP contribution in [0, 0.1) is 6.92 Å². The van der Waals surface area contributed by atoms with Gasteiger partial charge in [0.2, 0.25) is 0 Å². The Bertz CT molecular complexity index is 2120. The zero-order valence-corrected chi connectivity index (χ0v) is 29.0. The van der Waals surface area contributed by atoms with Crippen LogP contribution in [0.15, 0.2) is 57.4 Å². The second kappa shape index (κ2) is 15.0. The Morgan fingerprint density at radius 3 is 1.96 bits per heavy atom. The number of carbonyl (C=O) groups is 2. The molecule has 0 saturated heterocycles. The van der Waals surface area contributed by atoms with Crippen molar-refractivity contribution in [3.05, 3.63) is 76.7 Å². The summed E-state index contributed by atoms with van der Waals surface area (Å²) in [5, 5.41) is 0.513. The van der Waals surface area contributed by atoms with Gasteiger partial charge in [0, 0.05) is 22.9 Å². The van der Waals surface area contributed by atoms with Crippen LogP contribution in [0.3, 0.4) is 0 Å². The quantitative estimate of drug-likeness (QED) is 0.0868. The van der Waals surface area contributed by atoms with Gasteiger partial charge in [-0.05, 0) is 64.4 Å². The van der Waals surface area contributed by atoms with E-state index in [0.717, 1.165) is 5.56 Å². The first-order chi connectivity index (χ1) is 23.8. The van der Waals surface area contributed by atoms with Crippen molar-refractivity contribution in [2.45, 2.75) is 53.9 Å². The van der Waals surface area contributed by atoms with Crippen LogP contribution >= 0.6 is 0 Å². The van der Waals surface area contributed by atoms with Gasteiger partial charge in [0.15, 0.2) is 28.8 Å². The highest BCUT2D eigenvalue weighted by molar-refractivity contribution is 7.81. The SMILES string of the molecule is CCOC(=O)c1c(C)oc2cc(OCc3ccc(OC(C)C)cc3)c(OCc3oc4cc(OC)c(OS(=O)(=O)O)cc4c3C(=O)OCC)cc12. The zero-order chi connectivity index (χ0) is 36.2. The molecule has 0 radical (unpaired) electrons. The number of methoxy groups -OCH3 is 1. The molecule has 14 nitrogen and oxygen atoms in total. The molecule has 0 atom stereocenters. The molecular weight excluding hydrogens is 676 g/mol. The van der Waals surface area contributed by atoms with E-state index in [1.165, 1.54) is 19.2 Å². The van der Waals surface area contributed by atoms with E-state index in [1.54, 1.807) is 32.9 Å². The fourth-order valence-corrected chi connectivity index (χ4v) is 5.53. The molecule has 0 saturated carbocycles. The maximum Gasteiger partial charge on any atom is 0.446 e. The van der Waals surface area contributed by atoms with Gasteiger partial charge >= 0.3 is 22.3 Å². The van der Waals surface area contributed by atoms with E-state index in [1.807, 2.05) is 38.1 Å². The van der Waals surface area contributed by atoms with Gasteiger partial charge in [0.05, 0.1) is 26.4 Å². The minimum absolute atomic E-state index is 0.00490. The first-order valence-corrected chi connectivity index (χ1v) is 16.9. The minimum Gasteiger partial charge on any atom is -0.493 e. The fraction of sp³-hybridized carbons (Fsp3) is 0.314. The first kappa shape index (κ1) is 35.9. The molecule has 0 bridgehead atoms. The zero-order valence-electron chi connectivity index (χ0n) is 28.2.